The van der Waals surface area contributed by atoms with Crippen LogP contribution in [0.15, 0.2) is 47.8 Å². The predicted molar refractivity (Wildman–Crippen MR) is 163 cm³/mol. The van der Waals surface area contributed by atoms with Gasteiger partial charge in [-0.3, -0.25) is 0 Å². The van der Waals surface area contributed by atoms with E-state index in [1.165, 1.54) is 16.8 Å². The average molecular weight is 675 g/mol. The Hall–Kier alpha value is -2.82. The second kappa shape index (κ2) is 12.8. The van der Waals surface area contributed by atoms with Gasteiger partial charge in [-0.25, -0.2) is 52.6 Å². The lowest BCUT2D eigenvalue weighted by Crippen LogP contribution is -2.49. The van der Waals surface area contributed by atoms with E-state index in [2.05, 4.69) is 15.3 Å². The molecule has 16 heteroatoms. The van der Waals surface area contributed by atoms with E-state index in [-0.39, 0.29) is 54.2 Å². The molecule has 45 heavy (non-hydrogen) atoms. The Morgan fingerprint density at radius 3 is 2.09 bits per heavy atom. The van der Waals surface area contributed by atoms with E-state index in [1.54, 1.807) is 30.3 Å². The first-order valence-electron chi connectivity index (χ1n) is 14.9. The highest BCUT2D eigenvalue weighted by molar-refractivity contribution is 7.90. The van der Waals surface area contributed by atoms with Crippen LogP contribution in [-0.2, 0) is 20.0 Å². The molecule has 0 amide bonds. The van der Waals surface area contributed by atoms with Crippen LogP contribution in [0.1, 0.15) is 44.1 Å². The Morgan fingerprint density at radius 1 is 0.911 bits per heavy atom. The number of aromatic nitrogens is 3. The van der Waals surface area contributed by atoms with Gasteiger partial charge in [-0.15, -0.1) is 0 Å². The van der Waals surface area contributed by atoms with Gasteiger partial charge in [0.25, 0.3) is 21.9 Å². The number of alkyl halides is 4. The van der Waals surface area contributed by atoms with Gasteiger partial charge in [-0.2, -0.15) is 0 Å². The van der Waals surface area contributed by atoms with E-state index in [4.69, 9.17) is 0 Å². The van der Waals surface area contributed by atoms with Gasteiger partial charge >= 0.3 is 0 Å². The minimum Gasteiger partial charge on any atom is -0.356 e. The summed E-state index contributed by atoms with van der Waals surface area (Å²) in [5.41, 5.74) is 1.21. The summed E-state index contributed by atoms with van der Waals surface area (Å²) < 4.78 is 105. The lowest BCUT2D eigenvalue weighted by molar-refractivity contribution is -0.0413. The first kappa shape index (κ1) is 33.5. The molecule has 1 aromatic carbocycles. The summed E-state index contributed by atoms with van der Waals surface area (Å²) in [6.45, 7) is 2.52. The van der Waals surface area contributed by atoms with Crippen LogP contribution in [0.4, 0.5) is 23.4 Å². The number of anilines is 1. The first-order chi connectivity index (χ1) is 21.1. The van der Waals surface area contributed by atoms with E-state index >= 15 is 0 Å². The van der Waals surface area contributed by atoms with Crippen molar-refractivity contribution >= 4 is 36.9 Å². The van der Waals surface area contributed by atoms with Gasteiger partial charge in [0.15, 0.2) is 5.65 Å². The number of nitrogens with one attached hydrogen (secondary N) is 1. The van der Waals surface area contributed by atoms with E-state index in [0.29, 0.717) is 37.1 Å². The Labute approximate surface area is 260 Å². The zero-order valence-electron chi connectivity index (χ0n) is 25.2. The molecule has 0 bridgehead atoms. The molecular weight excluding hydrogens is 636 g/mol. The molecule has 4 heterocycles. The Balaban J connectivity index is 0.000000436. The average Bonchev–Trinajstić information content (AvgIpc) is 3.40. The Bertz CT molecular complexity index is 1690. The number of halogens is 4. The van der Waals surface area contributed by atoms with Gasteiger partial charge in [0, 0.05) is 71.1 Å². The number of hydrogen-bond donors (Lipinski definition) is 1. The Morgan fingerprint density at radius 2 is 1.51 bits per heavy atom. The van der Waals surface area contributed by atoms with E-state index in [0.717, 1.165) is 9.54 Å². The quantitative estimate of drug-likeness (QED) is 0.370. The maximum absolute atomic E-state index is 13.4. The molecule has 3 aromatic rings. The lowest BCUT2D eigenvalue weighted by Gasteiger charge is -2.42. The first-order valence-corrected chi connectivity index (χ1v) is 17.9. The minimum atomic E-state index is -3.85. The number of sulfonamides is 1. The topological polar surface area (TPSA) is 118 Å². The van der Waals surface area contributed by atoms with E-state index in [9.17, 15) is 34.4 Å². The fraction of sp³-hybridized carbons (Fsp3) is 0.586. The number of fused-ring (bicyclic) bond motifs is 1. The fourth-order valence-electron chi connectivity index (χ4n) is 5.83. The van der Waals surface area contributed by atoms with Crippen LogP contribution < -0.4 is 10.2 Å². The lowest BCUT2D eigenvalue weighted by atomic mass is 9.81. The summed E-state index contributed by atoms with van der Waals surface area (Å²) in [5.74, 6) is -4.76. The van der Waals surface area contributed by atoms with Gasteiger partial charge in [-0.1, -0.05) is 17.7 Å². The number of benzene rings is 1. The van der Waals surface area contributed by atoms with Gasteiger partial charge in [-0.05, 0) is 43.9 Å². The highest BCUT2D eigenvalue weighted by Gasteiger charge is 2.41. The third kappa shape index (κ3) is 7.60. The number of aryl methyl sites for hydroxylation is 1. The van der Waals surface area contributed by atoms with Gasteiger partial charge in [0.1, 0.15) is 12.1 Å². The molecular formula is C29H38F4N6O4S2. The zero-order chi connectivity index (χ0) is 32.6. The smallest absolute Gasteiger partial charge is 0.269 e. The molecule has 2 aromatic heterocycles. The predicted octanol–water partition coefficient (Wildman–Crippen LogP) is 4.26. The molecule has 2 saturated heterocycles. The number of piperidine rings is 2. The van der Waals surface area contributed by atoms with Crippen molar-refractivity contribution in [2.75, 3.05) is 43.9 Å². The van der Waals surface area contributed by atoms with Crippen molar-refractivity contribution in [2.24, 2.45) is 5.92 Å². The van der Waals surface area contributed by atoms with Gasteiger partial charge in [0.2, 0.25) is 10.0 Å². The second-order valence-electron chi connectivity index (χ2n) is 12.1. The summed E-state index contributed by atoms with van der Waals surface area (Å²) in [7, 11) is -5.61. The minimum absolute atomic E-state index is 0.00694. The largest absolute Gasteiger partial charge is 0.356 e. The third-order valence-corrected chi connectivity index (χ3v) is 12.5. The summed E-state index contributed by atoms with van der Waals surface area (Å²) in [6.07, 6.45) is 3.13. The van der Waals surface area contributed by atoms with Crippen LogP contribution in [0.5, 0.6) is 0 Å². The van der Waals surface area contributed by atoms with Crippen molar-refractivity contribution in [3.05, 3.63) is 48.4 Å². The van der Waals surface area contributed by atoms with Crippen molar-refractivity contribution in [3.63, 3.8) is 0 Å². The normalized spacial score (nSPS) is 23.5. The highest BCUT2D eigenvalue weighted by Crippen LogP contribution is 2.38. The molecule has 248 valence electrons. The summed E-state index contributed by atoms with van der Waals surface area (Å²) in [6, 6.07) is 8.27. The van der Waals surface area contributed by atoms with Crippen LogP contribution in [0.3, 0.4) is 0 Å². The molecule has 0 unspecified atom stereocenters. The maximum Gasteiger partial charge on any atom is 0.269 e. The molecule has 1 aliphatic carbocycles. The maximum atomic E-state index is 13.4. The Kier molecular flexibility index (Phi) is 9.51. The van der Waals surface area contributed by atoms with Crippen molar-refractivity contribution < 1.29 is 34.4 Å². The van der Waals surface area contributed by atoms with Crippen molar-refractivity contribution in [3.8, 4) is 0 Å². The van der Waals surface area contributed by atoms with Gasteiger partial charge in [0.05, 0.1) is 16.0 Å². The molecule has 10 nitrogen and oxygen atoms in total. The highest BCUT2D eigenvalue weighted by atomic mass is 32.2. The molecule has 6 rings (SSSR count). The van der Waals surface area contributed by atoms with Gasteiger partial charge < -0.3 is 10.2 Å². The summed E-state index contributed by atoms with van der Waals surface area (Å²) in [4.78, 5) is 10.7. The molecule has 1 saturated carbocycles. The summed E-state index contributed by atoms with van der Waals surface area (Å²) >= 11 is 0. The third-order valence-electron chi connectivity index (χ3n) is 8.73. The van der Waals surface area contributed by atoms with Crippen LogP contribution in [0.25, 0.3) is 11.0 Å². The summed E-state index contributed by atoms with van der Waals surface area (Å²) in [5, 5.41) is 3.44. The van der Waals surface area contributed by atoms with E-state index < -0.39 is 44.7 Å². The monoisotopic (exact) mass is 674 g/mol. The number of rotatable bonds is 7. The second-order valence-corrected chi connectivity index (χ2v) is 15.9. The number of nitrogens with zero attached hydrogens (tertiary/aromatic N) is 5. The van der Waals surface area contributed by atoms with Crippen molar-refractivity contribution in [1.29, 1.82) is 0 Å². The van der Waals surface area contributed by atoms with Crippen molar-refractivity contribution in [2.45, 2.75) is 68.2 Å². The van der Waals surface area contributed by atoms with Crippen LogP contribution in [0, 0.1) is 12.8 Å². The zero-order valence-corrected chi connectivity index (χ0v) is 26.8. The molecule has 3 fully saturated rings. The van der Waals surface area contributed by atoms with E-state index in [1.807, 2.05) is 18.9 Å². The van der Waals surface area contributed by atoms with Crippen LogP contribution in [-0.4, -0.2) is 91.9 Å². The SMILES string of the molecule is Cc1ccc(S(=O)(=O)n2ccc3c(N(C)C4CC(CS(=O)(=O)N5CCC(F)(F)CC5)C4)ncnc32)cc1.FC1(F)CCNCC1. The van der Waals surface area contributed by atoms with Crippen LogP contribution >= 0.6 is 0 Å². The molecule has 1 N–H and O–H groups in total. The molecule has 3 aliphatic rings. The fourth-order valence-corrected chi connectivity index (χ4v) is 8.95. The molecule has 0 atom stereocenters. The van der Waals surface area contributed by atoms with Crippen LogP contribution in [0.2, 0.25) is 0 Å². The van der Waals surface area contributed by atoms with Crippen molar-refractivity contribution in [1.82, 2.24) is 23.6 Å². The molecule has 0 radical (unpaired) electrons. The number of hydrogen-bond acceptors (Lipinski definition) is 8. The molecule has 2 aliphatic heterocycles. The standard InChI is InChI=1S/C24H29F2N5O4S2.C5H9F2N/c1-17-3-5-20(6-4-17)37(34,35)31-10-7-21-22(27-16-28-23(21)31)29(2)19-13-18(14-19)15-36(32,33)30-11-8-24(25,26)9-12-30;6-5(7)1-3-8-4-2-5/h3-7,10,16,18-19H,8-9,11-15H2,1-2H3;8H,1-4H2. The molecule has 0 spiro atoms.